The van der Waals surface area contributed by atoms with Gasteiger partial charge in [-0.25, -0.2) is 7.50 Å². The molecule has 0 atom stereocenters. The molecule has 6 heteroatoms. The van der Waals surface area contributed by atoms with Gasteiger partial charge in [0, 0.05) is 0 Å². The van der Waals surface area contributed by atoms with E-state index < -0.39 is 0 Å². The van der Waals surface area contributed by atoms with Crippen LogP contribution >= 0.6 is 23.6 Å². The van der Waals surface area contributed by atoms with E-state index in [1.165, 1.54) is 0 Å². The zero-order valence-corrected chi connectivity index (χ0v) is 7.40. The lowest BCUT2D eigenvalue weighted by Gasteiger charge is -2.29. The topological polar surface area (TPSA) is 6.48 Å². The fourth-order valence-corrected chi connectivity index (χ4v) is 6.07. The standard InChI is InChI=1S/Cl2H4N2Si2/c1-3-5-4(2)6-3/h5-6H2. The van der Waals surface area contributed by atoms with Crippen LogP contribution in [0.3, 0.4) is 0 Å². The molecule has 0 aromatic carbocycles. The molecule has 0 radical (unpaired) electrons. The van der Waals surface area contributed by atoms with Crippen LogP contribution in [0.4, 0.5) is 0 Å². The van der Waals surface area contributed by atoms with Gasteiger partial charge in [-0.05, 0) is 23.6 Å². The molecule has 0 aliphatic carbocycles. The lowest BCUT2D eigenvalue weighted by molar-refractivity contribution is 0.829. The predicted molar refractivity (Wildman–Crippen MR) is 32.5 cm³/mol. The Morgan fingerprint density at radius 1 is 1.00 bits per heavy atom. The highest BCUT2D eigenvalue weighted by molar-refractivity contribution is 6.79. The first kappa shape index (κ1) is 5.08. The summed E-state index contributed by atoms with van der Waals surface area (Å²) in [6.45, 7) is 0. The Bertz CT molecular complexity index is 45.5. The quantitative estimate of drug-likeness (QED) is 0.327. The van der Waals surface area contributed by atoms with Gasteiger partial charge in [0.15, 0.2) is 19.7 Å². The summed E-state index contributed by atoms with van der Waals surface area (Å²) in [5.74, 6) is 0. The Kier molecular flexibility index (Phi) is 1.53. The van der Waals surface area contributed by atoms with E-state index in [0.29, 0.717) is 0 Å². The summed E-state index contributed by atoms with van der Waals surface area (Å²) in [7, 11) is -0.574. The number of nitrogens with zero attached hydrogens (tertiary/aromatic N) is 2. The van der Waals surface area contributed by atoms with Gasteiger partial charge in [-0.2, -0.15) is 0 Å². The zero-order chi connectivity index (χ0) is 4.57. The second-order valence-electron chi connectivity index (χ2n) is 1.21. The van der Waals surface area contributed by atoms with E-state index in [0.717, 1.165) is 0 Å². The monoisotopic (exact) mass is 158 g/mol. The van der Waals surface area contributed by atoms with Crippen molar-refractivity contribution in [1.29, 1.82) is 0 Å². The van der Waals surface area contributed by atoms with Gasteiger partial charge < -0.3 is 0 Å². The van der Waals surface area contributed by atoms with E-state index in [1.54, 1.807) is 0 Å². The molecule has 1 aliphatic rings. The van der Waals surface area contributed by atoms with Crippen molar-refractivity contribution < 1.29 is 0 Å². The molecule has 1 rings (SSSR count). The van der Waals surface area contributed by atoms with Crippen molar-refractivity contribution in [2.45, 2.75) is 0 Å². The summed E-state index contributed by atoms with van der Waals surface area (Å²) in [6.07, 6.45) is 0. The molecule has 1 fully saturated rings. The average molecular weight is 159 g/mol. The minimum atomic E-state index is -0.287. The van der Waals surface area contributed by atoms with Crippen molar-refractivity contribution in [3.8, 4) is 0 Å². The number of hydrogen-bond acceptors (Lipinski definition) is 2. The van der Waals surface area contributed by atoms with E-state index in [4.69, 9.17) is 23.6 Å². The normalized spacial score (nSPS) is 35.0. The van der Waals surface area contributed by atoms with Gasteiger partial charge in [0.1, 0.15) is 0 Å². The molecule has 6 heavy (non-hydrogen) atoms. The van der Waals surface area contributed by atoms with E-state index >= 15 is 0 Å². The summed E-state index contributed by atoms with van der Waals surface area (Å²) < 4.78 is 3.74. The summed E-state index contributed by atoms with van der Waals surface area (Å²) in [6, 6.07) is 0. The molecule has 1 heterocycles. The number of rotatable bonds is 0. The maximum atomic E-state index is 5.47. The molecule has 1 saturated heterocycles. The first-order valence-electron chi connectivity index (χ1n) is 1.60. The van der Waals surface area contributed by atoms with Gasteiger partial charge in [-0.15, -0.1) is 0 Å². The maximum Gasteiger partial charge on any atom is 0.191 e. The third-order valence-electron chi connectivity index (χ3n) is 0.614. The molecule has 0 N–H and O–H groups in total. The third kappa shape index (κ3) is 0.957. The second-order valence-corrected chi connectivity index (χ2v) is 9.18. The van der Waals surface area contributed by atoms with Gasteiger partial charge in [-0.1, -0.05) is 0 Å². The fraction of sp³-hybridized carbons (Fsp3) is 0. The summed E-state index contributed by atoms with van der Waals surface area (Å²) in [4.78, 5) is 0. The van der Waals surface area contributed by atoms with Crippen LogP contribution in [0.1, 0.15) is 0 Å². The Morgan fingerprint density at radius 3 is 1.33 bits per heavy atom. The van der Waals surface area contributed by atoms with Crippen LogP contribution < -0.4 is 0 Å². The molecule has 2 nitrogen and oxygen atoms in total. The maximum absolute atomic E-state index is 5.47. The van der Waals surface area contributed by atoms with E-state index in [1.807, 2.05) is 7.50 Å². The number of halogens is 2. The Balaban J connectivity index is 2.11. The average Bonchev–Trinajstić information content (AvgIpc) is 1.33. The predicted octanol–water partition coefficient (Wildman–Crippen LogP) is -1.09. The molecular formula is H4Cl2N2Si2. The summed E-state index contributed by atoms with van der Waals surface area (Å²) in [5, 5.41) is 0. The molecule has 0 spiro atoms. The highest BCUT2D eigenvalue weighted by atomic mass is 35.5. The highest BCUT2D eigenvalue weighted by Gasteiger charge is 2.20. The van der Waals surface area contributed by atoms with Crippen LogP contribution in [0.5, 0.6) is 0 Å². The van der Waals surface area contributed by atoms with Gasteiger partial charge in [0.2, 0.25) is 0 Å². The van der Waals surface area contributed by atoms with E-state index in [9.17, 15) is 0 Å². The molecule has 0 aromatic rings. The van der Waals surface area contributed by atoms with Crippen LogP contribution in [0, 0.1) is 0 Å². The molecule has 1 aliphatic heterocycles. The Morgan fingerprint density at radius 2 is 1.33 bits per heavy atom. The first-order chi connectivity index (χ1) is 2.79. The smallest absolute Gasteiger partial charge is 0.191 e. The van der Waals surface area contributed by atoms with Crippen molar-refractivity contribution >= 4 is 43.2 Å². The minimum absolute atomic E-state index is 0.287. The molecule has 0 bridgehead atoms. The molecule has 0 saturated carbocycles. The number of hydrogen-bond donors (Lipinski definition) is 0. The molecular weight excluding hydrogens is 155 g/mol. The minimum Gasteiger partial charge on any atom is -0.245 e. The van der Waals surface area contributed by atoms with Gasteiger partial charge in [0.05, 0.1) is 0 Å². The summed E-state index contributed by atoms with van der Waals surface area (Å²) in [5.41, 5.74) is 0. The molecule has 0 amide bonds. The second kappa shape index (κ2) is 1.81. The summed E-state index contributed by atoms with van der Waals surface area (Å²) >= 11 is 10.9. The van der Waals surface area contributed by atoms with Gasteiger partial charge in [-0.3, -0.25) is 0 Å². The van der Waals surface area contributed by atoms with Crippen LogP contribution in [0.15, 0.2) is 0 Å². The Hall–Kier alpha value is 0.934. The SMILES string of the molecule is ClN1[SiH2]N(Cl)[SiH2]1. The van der Waals surface area contributed by atoms with Crippen LogP contribution in [-0.2, 0) is 0 Å². The van der Waals surface area contributed by atoms with Crippen LogP contribution in [0.25, 0.3) is 0 Å². The lowest BCUT2D eigenvalue weighted by Crippen LogP contribution is -2.51. The molecule has 0 unspecified atom stereocenters. The Labute approximate surface area is 51.2 Å². The third-order valence-corrected chi connectivity index (χ3v) is 5.52. The van der Waals surface area contributed by atoms with Gasteiger partial charge in [0.25, 0.3) is 0 Å². The lowest BCUT2D eigenvalue weighted by atomic mass is 13.7. The molecule has 36 valence electrons. The highest BCUT2D eigenvalue weighted by Crippen LogP contribution is 2.06. The van der Waals surface area contributed by atoms with E-state index in [-0.39, 0.29) is 19.7 Å². The van der Waals surface area contributed by atoms with Crippen molar-refractivity contribution in [2.24, 2.45) is 0 Å². The van der Waals surface area contributed by atoms with Crippen molar-refractivity contribution in [1.82, 2.24) is 7.50 Å². The zero-order valence-electron chi connectivity index (χ0n) is 3.06. The first-order valence-corrected chi connectivity index (χ1v) is 4.81. The van der Waals surface area contributed by atoms with E-state index in [2.05, 4.69) is 0 Å². The van der Waals surface area contributed by atoms with Gasteiger partial charge >= 0.3 is 0 Å². The van der Waals surface area contributed by atoms with Crippen molar-refractivity contribution in [3.05, 3.63) is 0 Å². The van der Waals surface area contributed by atoms with Crippen LogP contribution in [0.2, 0.25) is 0 Å². The van der Waals surface area contributed by atoms with Crippen molar-refractivity contribution in [3.63, 3.8) is 0 Å². The van der Waals surface area contributed by atoms with Crippen LogP contribution in [-0.4, -0.2) is 27.2 Å². The fourth-order valence-electron chi connectivity index (χ4n) is 0.292. The molecule has 0 aromatic heterocycles. The largest absolute Gasteiger partial charge is 0.245 e. The van der Waals surface area contributed by atoms with Crippen molar-refractivity contribution in [2.75, 3.05) is 0 Å².